The maximum atomic E-state index is 8.68. The second-order valence-corrected chi connectivity index (χ2v) is 2.06. The van der Waals surface area contributed by atoms with E-state index < -0.39 is 21.1 Å². The lowest BCUT2D eigenvalue weighted by Crippen LogP contribution is -3.98. The third kappa shape index (κ3) is 378. The first-order valence-corrected chi connectivity index (χ1v) is 4.62. The number of hydrogen-bond acceptors (Lipinski definition) is 3. The van der Waals surface area contributed by atoms with Gasteiger partial charge in [0.15, 0.2) is 0 Å². The van der Waals surface area contributed by atoms with E-state index in [0.717, 1.165) is 0 Å². The van der Waals surface area contributed by atoms with Crippen LogP contribution in [0.4, 0.5) is 0 Å². The van der Waals surface area contributed by atoms with E-state index in [4.69, 9.17) is 10.3 Å². The summed E-state index contributed by atoms with van der Waals surface area (Å²) in [6, 6.07) is 0. The molecule has 0 bridgehead atoms. The molecule has 0 saturated carbocycles. The molecule has 0 radical (unpaired) electrons. The number of rotatable bonds is 0. The van der Waals surface area contributed by atoms with Crippen LogP contribution >= 0.6 is 0 Å². The van der Waals surface area contributed by atoms with Gasteiger partial charge >= 0.3 is 21.1 Å². The summed E-state index contributed by atoms with van der Waals surface area (Å²) in [6.45, 7) is 4.25. The molecule has 0 saturated heterocycles. The Hall–Kier alpha value is 0.610. The molecule has 0 aromatic heterocycles. The molecule has 0 aromatic carbocycles. The molecule has 0 amide bonds. The van der Waals surface area contributed by atoms with E-state index in [0.29, 0.717) is 0 Å². The van der Waals surface area contributed by atoms with Gasteiger partial charge in [-0.05, 0) is 3.44 Å². The van der Waals surface area contributed by atoms with Crippen LogP contribution in [0.3, 0.4) is 0 Å². The van der Waals surface area contributed by atoms with E-state index >= 15 is 0 Å². The first-order valence-electron chi connectivity index (χ1n) is 1.89. The fraction of sp³-hybridized carbons (Fsp3) is 1.00. The predicted octanol–water partition coefficient (Wildman–Crippen LogP) is -4.51. The molecule has 7 heavy (non-hydrogen) atoms. The standard InChI is InChI=1S/C3H8.HIO3/c1-3-2;2-1(3)4/h3H2,1-2H3;2H. The second kappa shape index (κ2) is 9.79. The lowest BCUT2D eigenvalue weighted by atomic mass is 10.6. The molecule has 0 aliphatic heterocycles. The van der Waals surface area contributed by atoms with Gasteiger partial charge in [0, 0.05) is 0 Å². The van der Waals surface area contributed by atoms with Gasteiger partial charge in [0.1, 0.15) is 0 Å². The minimum absolute atomic E-state index is 1.25. The normalized spacial score (nSPS) is 7.71. The highest BCUT2D eigenvalue weighted by molar-refractivity contribution is 3.92. The molecule has 0 aliphatic carbocycles. The van der Waals surface area contributed by atoms with Crippen molar-refractivity contribution in [3.05, 3.63) is 0 Å². The van der Waals surface area contributed by atoms with Crippen molar-refractivity contribution in [1.82, 2.24) is 0 Å². The highest BCUT2D eigenvalue weighted by Crippen LogP contribution is 1.56. The quantitative estimate of drug-likeness (QED) is 0.418. The summed E-state index contributed by atoms with van der Waals surface area (Å²) in [5, 5.41) is 0. The molecule has 3 nitrogen and oxygen atoms in total. The van der Waals surface area contributed by atoms with Gasteiger partial charge in [-0.2, -0.15) is 0 Å². The molecule has 0 spiro atoms. The van der Waals surface area contributed by atoms with Crippen molar-refractivity contribution in [1.29, 1.82) is 0 Å². The first kappa shape index (κ1) is 10.6. The van der Waals surface area contributed by atoms with Gasteiger partial charge in [0.2, 0.25) is 0 Å². The highest BCUT2D eigenvalue weighted by atomic mass is 127. The van der Waals surface area contributed by atoms with Crippen molar-refractivity contribution in [3.63, 3.8) is 0 Å². The Kier molecular flexibility index (Phi) is 14.8. The van der Waals surface area contributed by atoms with E-state index in [2.05, 4.69) is 13.8 Å². The predicted molar refractivity (Wildman–Crippen MR) is 18.2 cm³/mol. The van der Waals surface area contributed by atoms with Crippen LogP contribution in [0.25, 0.3) is 0 Å². The van der Waals surface area contributed by atoms with Crippen LogP contribution in [0.15, 0.2) is 0 Å². The third-order valence-corrected chi connectivity index (χ3v) is 0. The second-order valence-electron chi connectivity index (χ2n) is 0.908. The first-order chi connectivity index (χ1) is 3.15. The fourth-order valence-electron chi connectivity index (χ4n) is 0. The van der Waals surface area contributed by atoms with E-state index in [1.165, 1.54) is 6.42 Å². The molecule has 1 N–H and O–H groups in total. The van der Waals surface area contributed by atoms with Crippen LogP contribution in [0.1, 0.15) is 20.3 Å². The van der Waals surface area contributed by atoms with Crippen LogP contribution in [-0.4, -0.2) is 3.44 Å². The van der Waals surface area contributed by atoms with Gasteiger partial charge in [-0.1, -0.05) is 20.3 Å². The van der Waals surface area contributed by atoms with E-state index in [-0.39, 0.29) is 0 Å². The summed E-state index contributed by atoms with van der Waals surface area (Å²) < 4.78 is 24.5. The lowest BCUT2D eigenvalue weighted by Gasteiger charge is -1.67. The van der Waals surface area contributed by atoms with Gasteiger partial charge in [-0.15, -0.1) is 0 Å². The maximum Gasteiger partial charge on any atom is 0.503 e. The Morgan fingerprint density at radius 3 is 1.43 bits per heavy atom. The highest BCUT2D eigenvalue weighted by Gasteiger charge is 1.89. The van der Waals surface area contributed by atoms with Crippen LogP contribution < -0.4 is 27.9 Å². The van der Waals surface area contributed by atoms with Crippen molar-refractivity contribution in [2.24, 2.45) is 0 Å². The average molecular weight is 220 g/mol. The zero-order valence-corrected chi connectivity index (χ0v) is 6.51. The SMILES string of the molecule is CCC.[O-][I+2]([O-])O. The third-order valence-electron chi connectivity index (χ3n) is 0. The van der Waals surface area contributed by atoms with Crippen molar-refractivity contribution in [2.45, 2.75) is 20.3 Å². The molecule has 4 heteroatoms. The molecule has 0 fully saturated rings. The van der Waals surface area contributed by atoms with Gasteiger partial charge < -0.3 is 6.87 Å². The molecule has 0 unspecified atom stereocenters. The van der Waals surface area contributed by atoms with Gasteiger partial charge in [0.05, 0.1) is 0 Å². The van der Waals surface area contributed by atoms with Crippen LogP contribution in [-0.2, 0) is 0 Å². The summed E-state index contributed by atoms with van der Waals surface area (Å²) >= 11 is -3.76. The summed E-state index contributed by atoms with van der Waals surface area (Å²) in [7, 11) is 0. The Morgan fingerprint density at radius 1 is 1.43 bits per heavy atom. The molecule has 0 aromatic rings. The van der Waals surface area contributed by atoms with E-state index in [9.17, 15) is 0 Å². The molecule has 46 valence electrons. The monoisotopic (exact) mass is 220 g/mol. The molecule has 0 heterocycles. The average Bonchev–Trinajstić information content (AvgIpc) is 1.33. The Morgan fingerprint density at radius 2 is 1.43 bits per heavy atom. The zero-order valence-electron chi connectivity index (χ0n) is 4.35. The number of halogens is 1. The minimum Gasteiger partial charge on any atom is -0.396 e. The largest absolute Gasteiger partial charge is 0.503 e. The summed E-state index contributed by atoms with van der Waals surface area (Å²) in [6.07, 6.45) is 1.25. The van der Waals surface area contributed by atoms with Crippen LogP contribution in [0.5, 0.6) is 0 Å². The van der Waals surface area contributed by atoms with Crippen molar-refractivity contribution >= 4 is 0 Å². The molecule has 0 rings (SSSR count). The van der Waals surface area contributed by atoms with Gasteiger partial charge in [-0.3, -0.25) is 0 Å². The zero-order chi connectivity index (χ0) is 6.28. The maximum absolute atomic E-state index is 8.68. The Bertz CT molecular complexity index is 21.4. The summed E-state index contributed by atoms with van der Waals surface area (Å²) in [4.78, 5) is 0. The summed E-state index contributed by atoms with van der Waals surface area (Å²) in [5.74, 6) is 0. The van der Waals surface area contributed by atoms with E-state index in [1.54, 1.807) is 0 Å². The lowest BCUT2D eigenvalue weighted by molar-refractivity contribution is -1.63. The van der Waals surface area contributed by atoms with E-state index in [1.807, 2.05) is 0 Å². The topological polar surface area (TPSA) is 66.3 Å². The molecular weight excluding hydrogens is 211 g/mol. The van der Waals surface area contributed by atoms with Gasteiger partial charge in [-0.25, -0.2) is 0 Å². The minimum atomic E-state index is -3.76. The van der Waals surface area contributed by atoms with Gasteiger partial charge in [0.25, 0.3) is 0 Å². The number of hydrogen-bond donors (Lipinski definition) is 1. The Labute approximate surface area is 52.0 Å². The van der Waals surface area contributed by atoms with Crippen molar-refractivity contribution in [3.8, 4) is 0 Å². The molecular formula is C3H9IO3. The molecule has 0 aliphatic rings. The Balaban J connectivity index is 0. The fourth-order valence-corrected chi connectivity index (χ4v) is 0. The van der Waals surface area contributed by atoms with Crippen molar-refractivity contribution in [2.75, 3.05) is 0 Å². The van der Waals surface area contributed by atoms with Crippen molar-refractivity contribution < 1.29 is 31.4 Å². The smallest absolute Gasteiger partial charge is 0.396 e. The molecule has 0 atom stereocenters. The van der Waals surface area contributed by atoms with Crippen LogP contribution in [0.2, 0.25) is 0 Å². The van der Waals surface area contributed by atoms with Crippen LogP contribution in [0, 0.1) is 0 Å². The summed E-state index contributed by atoms with van der Waals surface area (Å²) in [5.41, 5.74) is 0.